The summed E-state index contributed by atoms with van der Waals surface area (Å²) in [5, 5.41) is 3.67. The Kier molecular flexibility index (Phi) is 4.91. The average Bonchev–Trinajstić information content (AvgIpc) is 2.74. The second kappa shape index (κ2) is 6.31. The van der Waals surface area contributed by atoms with Gasteiger partial charge in [0.25, 0.3) is 11.5 Å². The lowest BCUT2D eigenvalue weighted by molar-refractivity contribution is 0.0895. The van der Waals surface area contributed by atoms with Gasteiger partial charge in [-0.2, -0.15) is 0 Å². The molecule has 0 atom stereocenters. The van der Waals surface area contributed by atoms with Gasteiger partial charge in [0.15, 0.2) is 0 Å². The van der Waals surface area contributed by atoms with Crippen LogP contribution in [0.2, 0.25) is 0 Å². The summed E-state index contributed by atoms with van der Waals surface area (Å²) in [6.45, 7) is 14.8. The van der Waals surface area contributed by atoms with Crippen LogP contribution in [0, 0.1) is 12.3 Å². The fraction of sp³-hybridized carbons (Fsp3) is 0.611. The molecule has 2 aromatic rings. The van der Waals surface area contributed by atoms with E-state index >= 15 is 0 Å². The Morgan fingerprint density at radius 1 is 1.29 bits per heavy atom. The lowest BCUT2D eigenvalue weighted by Crippen LogP contribution is -2.45. The van der Waals surface area contributed by atoms with Gasteiger partial charge in [0.05, 0.1) is 16.6 Å². The molecule has 0 saturated carbocycles. The van der Waals surface area contributed by atoms with Gasteiger partial charge in [0, 0.05) is 12.1 Å². The predicted octanol–water partition coefficient (Wildman–Crippen LogP) is 3.73. The maximum atomic E-state index is 12.8. The fourth-order valence-electron chi connectivity index (χ4n) is 3.34. The summed E-state index contributed by atoms with van der Waals surface area (Å²) in [5.74, 6) is -0.132. The van der Waals surface area contributed by atoms with Crippen LogP contribution in [-0.2, 0) is 6.54 Å². The highest BCUT2D eigenvalue weighted by Crippen LogP contribution is 2.30. The third-order valence-electron chi connectivity index (χ3n) is 3.89. The van der Waals surface area contributed by atoms with Crippen LogP contribution in [0.25, 0.3) is 10.2 Å². The first-order valence-electron chi connectivity index (χ1n) is 8.26. The van der Waals surface area contributed by atoms with Gasteiger partial charge >= 0.3 is 0 Å². The maximum absolute atomic E-state index is 12.8. The smallest absolute Gasteiger partial charge is 0.262 e. The van der Waals surface area contributed by atoms with E-state index in [2.05, 4.69) is 31.1 Å². The number of rotatable bonds is 4. The molecule has 1 N–H and O–H groups in total. The lowest BCUT2D eigenvalue weighted by atomic mass is 9.82. The normalized spacial score (nSPS) is 12.6. The van der Waals surface area contributed by atoms with E-state index in [-0.39, 0.29) is 22.4 Å². The Bertz CT molecular complexity index is 825. The van der Waals surface area contributed by atoms with Crippen molar-refractivity contribution in [1.82, 2.24) is 14.9 Å². The van der Waals surface area contributed by atoms with E-state index in [0.717, 1.165) is 12.0 Å². The average molecular weight is 350 g/mol. The van der Waals surface area contributed by atoms with Crippen molar-refractivity contribution in [2.24, 2.45) is 5.41 Å². The van der Waals surface area contributed by atoms with Crippen molar-refractivity contribution in [2.45, 2.75) is 67.0 Å². The number of thiophene rings is 1. The minimum absolute atomic E-state index is 0.0794. The molecule has 0 spiro atoms. The molecule has 132 valence electrons. The van der Waals surface area contributed by atoms with Crippen LogP contribution in [0.4, 0.5) is 0 Å². The summed E-state index contributed by atoms with van der Waals surface area (Å²) in [4.78, 5) is 30.8. The van der Waals surface area contributed by atoms with E-state index in [4.69, 9.17) is 0 Å². The predicted molar refractivity (Wildman–Crippen MR) is 99.9 cm³/mol. The van der Waals surface area contributed by atoms with Crippen LogP contribution in [0.15, 0.2) is 11.1 Å². The van der Waals surface area contributed by atoms with Crippen LogP contribution in [0.1, 0.15) is 63.2 Å². The molecule has 0 bridgehead atoms. The molecule has 0 unspecified atom stereocenters. The van der Waals surface area contributed by atoms with Crippen molar-refractivity contribution < 1.29 is 4.79 Å². The number of fused-ring (bicyclic) bond motifs is 1. The van der Waals surface area contributed by atoms with Crippen molar-refractivity contribution in [3.8, 4) is 0 Å². The van der Waals surface area contributed by atoms with Gasteiger partial charge in [0.2, 0.25) is 0 Å². The molecule has 0 fully saturated rings. The van der Waals surface area contributed by atoms with Crippen LogP contribution >= 0.6 is 11.3 Å². The Hall–Kier alpha value is -1.69. The molecule has 0 aliphatic heterocycles. The van der Waals surface area contributed by atoms with E-state index in [0.29, 0.717) is 21.6 Å². The highest BCUT2D eigenvalue weighted by molar-refractivity contribution is 7.20. The molecule has 1 amide bonds. The third-order valence-corrected chi connectivity index (χ3v) is 5.09. The van der Waals surface area contributed by atoms with E-state index in [1.54, 1.807) is 10.9 Å². The zero-order valence-corrected chi connectivity index (χ0v) is 16.4. The number of carbonyl (C=O) groups excluding carboxylic acids is 1. The molecular weight excluding hydrogens is 322 g/mol. The molecular formula is C18H27N3O2S. The highest BCUT2D eigenvalue weighted by Gasteiger charge is 2.29. The van der Waals surface area contributed by atoms with Gasteiger partial charge in [0.1, 0.15) is 4.83 Å². The van der Waals surface area contributed by atoms with Gasteiger partial charge in [-0.1, -0.05) is 20.8 Å². The monoisotopic (exact) mass is 349 g/mol. The van der Waals surface area contributed by atoms with Crippen LogP contribution in [-0.4, -0.2) is 21.0 Å². The summed E-state index contributed by atoms with van der Waals surface area (Å²) in [5.41, 5.74) is 0.431. The molecule has 0 aliphatic rings. The maximum Gasteiger partial charge on any atom is 0.262 e. The van der Waals surface area contributed by atoms with E-state index in [1.807, 2.05) is 27.7 Å². The molecule has 2 rings (SSSR count). The standard InChI is InChI=1S/C18H27N3O2S/c1-8-21-10-19-15-12(16(21)23)11(2)13(24-15)14(22)20-18(6,7)9-17(3,4)5/h10H,8-9H2,1-7H3,(H,20,22). The minimum atomic E-state index is -0.324. The number of carbonyl (C=O) groups is 1. The number of nitrogens with one attached hydrogen (secondary N) is 1. The first kappa shape index (κ1) is 18.6. The Labute approximate surface area is 147 Å². The Balaban J connectivity index is 2.39. The summed E-state index contributed by atoms with van der Waals surface area (Å²) in [6, 6.07) is 0. The Morgan fingerprint density at radius 3 is 2.46 bits per heavy atom. The van der Waals surface area contributed by atoms with Crippen molar-refractivity contribution in [2.75, 3.05) is 0 Å². The lowest BCUT2D eigenvalue weighted by Gasteiger charge is -2.33. The first-order valence-corrected chi connectivity index (χ1v) is 9.08. The van der Waals surface area contributed by atoms with E-state index < -0.39 is 0 Å². The van der Waals surface area contributed by atoms with Crippen molar-refractivity contribution in [1.29, 1.82) is 0 Å². The molecule has 5 nitrogen and oxygen atoms in total. The molecule has 0 saturated heterocycles. The molecule has 24 heavy (non-hydrogen) atoms. The summed E-state index contributed by atoms with van der Waals surface area (Å²) >= 11 is 1.29. The van der Waals surface area contributed by atoms with Crippen molar-refractivity contribution >= 4 is 27.5 Å². The largest absolute Gasteiger partial charge is 0.346 e. The van der Waals surface area contributed by atoms with Crippen LogP contribution in [0.5, 0.6) is 0 Å². The van der Waals surface area contributed by atoms with Gasteiger partial charge in [-0.05, 0) is 45.1 Å². The number of aryl methyl sites for hydroxylation is 2. The Morgan fingerprint density at radius 2 is 1.92 bits per heavy atom. The van der Waals surface area contributed by atoms with Gasteiger partial charge in [-0.15, -0.1) is 11.3 Å². The zero-order chi connectivity index (χ0) is 18.3. The first-order chi connectivity index (χ1) is 10.9. The molecule has 6 heteroatoms. The van der Waals surface area contributed by atoms with E-state index in [9.17, 15) is 9.59 Å². The second-order valence-corrected chi connectivity index (χ2v) is 9.15. The fourth-order valence-corrected chi connectivity index (χ4v) is 4.37. The quantitative estimate of drug-likeness (QED) is 0.915. The van der Waals surface area contributed by atoms with Crippen molar-refractivity contribution in [3.63, 3.8) is 0 Å². The van der Waals surface area contributed by atoms with E-state index in [1.165, 1.54) is 11.3 Å². The molecule has 0 aliphatic carbocycles. The topological polar surface area (TPSA) is 64.0 Å². The number of hydrogen-bond acceptors (Lipinski definition) is 4. The highest BCUT2D eigenvalue weighted by atomic mass is 32.1. The summed E-state index contributed by atoms with van der Waals surface area (Å²) in [6.07, 6.45) is 2.41. The van der Waals surface area contributed by atoms with Gasteiger partial charge in [-0.3, -0.25) is 14.2 Å². The minimum Gasteiger partial charge on any atom is -0.346 e. The molecule has 2 aromatic heterocycles. The SMILES string of the molecule is CCn1cnc2sc(C(=O)NC(C)(C)CC(C)(C)C)c(C)c2c1=O. The third kappa shape index (κ3) is 3.86. The van der Waals surface area contributed by atoms with Crippen LogP contribution in [0.3, 0.4) is 0 Å². The molecule has 2 heterocycles. The molecule has 0 aromatic carbocycles. The number of nitrogens with zero attached hydrogens (tertiary/aromatic N) is 2. The summed E-state index contributed by atoms with van der Waals surface area (Å²) < 4.78 is 1.56. The van der Waals surface area contributed by atoms with Crippen molar-refractivity contribution in [3.05, 3.63) is 27.1 Å². The second-order valence-electron chi connectivity index (χ2n) is 8.15. The number of hydrogen-bond donors (Lipinski definition) is 1. The molecule has 0 radical (unpaired) electrons. The van der Waals surface area contributed by atoms with Gasteiger partial charge in [-0.25, -0.2) is 4.98 Å². The van der Waals surface area contributed by atoms with Crippen LogP contribution < -0.4 is 10.9 Å². The number of amides is 1. The zero-order valence-electron chi connectivity index (χ0n) is 15.6. The number of aromatic nitrogens is 2. The summed E-state index contributed by atoms with van der Waals surface area (Å²) in [7, 11) is 0. The van der Waals surface area contributed by atoms with Gasteiger partial charge < -0.3 is 5.32 Å².